The number of aryl methyl sites for hydroxylation is 1. The van der Waals surface area contributed by atoms with E-state index in [1.165, 1.54) is 0 Å². The minimum absolute atomic E-state index is 0.0466. The quantitative estimate of drug-likeness (QED) is 0.750. The summed E-state index contributed by atoms with van der Waals surface area (Å²) in [6.45, 7) is 4.41. The molecule has 0 saturated carbocycles. The minimum atomic E-state index is -0.0466. The summed E-state index contributed by atoms with van der Waals surface area (Å²) >= 11 is 0. The number of fused-ring (bicyclic) bond motifs is 1. The van der Waals surface area contributed by atoms with E-state index in [2.05, 4.69) is 20.0 Å². The lowest BCUT2D eigenvalue weighted by molar-refractivity contribution is 0.0298. The van der Waals surface area contributed by atoms with Gasteiger partial charge in [-0.15, -0.1) is 0 Å². The van der Waals surface area contributed by atoms with Gasteiger partial charge >= 0.3 is 0 Å². The molecular weight excluding hydrogens is 364 g/mol. The molecule has 0 aromatic carbocycles. The maximum Gasteiger partial charge on any atom is 0.274 e. The Kier molecular flexibility index (Phi) is 5.29. The molecule has 4 heterocycles. The maximum atomic E-state index is 12.7. The van der Waals surface area contributed by atoms with Crippen LogP contribution in [0.4, 0.5) is 5.95 Å². The van der Waals surface area contributed by atoms with Gasteiger partial charge in [-0.25, -0.2) is 0 Å². The van der Waals surface area contributed by atoms with Crippen molar-refractivity contribution >= 4 is 11.9 Å². The van der Waals surface area contributed by atoms with Crippen molar-refractivity contribution < 1.29 is 19.0 Å². The third kappa shape index (κ3) is 3.72. The van der Waals surface area contributed by atoms with E-state index < -0.39 is 0 Å². The van der Waals surface area contributed by atoms with Crippen molar-refractivity contribution in [1.29, 1.82) is 0 Å². The molecular formula is C18H24N6O4. The van der Waals surface area contributed by atoms with Gasteiger partial charge in [-0.3, -0.25) is 9.48 Å². The Hall–Kier alpha value is -2.88. The highest BCUT2D eigenvalue weighted by molar-refractivity contribution is 5.92. The highest BCUT2D eigenvalue weighted by Crippen LogP contribution is 2.24. The first-order chi connectivity index (χ1) is 13.7. The molecule has 0 radical (unpaired) electrons. The van der Waals surface area contributed by atoms with Crippen molar-refractivity contribution in [3.8, 4) is 11.8 Å². The van der Waals surface area contributed by atoms with Gasteiger partial charge in [-0.2, -0.15) is 15.1 Å². The number of amides is 1. The van der Waals surface area contributed by atoms with Gasteiger partial charge in [0.15, 0.2) is 5.69 Å². The zero-order valence-corrected chi connectivity index (χ0v) is 16.1. The number of ether oxygens (including phenoxy) is 3. The number of morpholine rings is 1. The van der Waals surface area contributed by atoms with Gasteiger partial charge in [0.1, 0.15) is 0 Å². The number of rotatable bonds is 4. The predicted octanol–water partition coefficient (Wildman–Crippen LogP) is 0.573. The number of carbonyl (C=O) groups excluding carboxylic acids is 1. The second-order valence-corrected chi connectivity index (χ2v) is 6.68. The van der Waals surface area contributed by atoms with Crippen LogP contribution in [0.1, 0.15) is 22.6 Å². The highest BCUT2D eigenvalue weighted by atomic mass is 16.5. The van der Waals surface area contributed by atoms with E-state index >= 15 is 0 Å². The molecule has 2 aromatic heterocycles. The first kappa shape index (κ1) is 18.5. The van der Waals surface area contributed by atoms with Crippen molar-refractivity contribution in [1.82, 2.24) is 24.6 Å². The first-order valence-corrected chi connectivity index (χ1v) is 9.33. The molecule has 10 heteroatoms. The summed E-state index contributed by atoms with van der Waals surface area (Å²) in [4.78, 5) is 25.5. The molecule has 1 fully saturated rings. The van der Waals surface area contributed by atoms with Crippen molar-refractivity contribution in [3.63, 3.8) is 0 Å². The number of anilines is 1. The van der Waals surface area contributed by atoms with Gasteiger partial charge < -0.3 is 24.0 Å². The molecule has 0 atom stereocenters. The van der Waals surface area contributed by atoms with Crippen LogP contribution in [0.15, 0.2) is 12.1 Å². The first-order valence-electron chi connectivity index (χ1n) is 9.33. The number of aromatic nitrogens is 4. The SMILES string of the molecule is COc1cc(OC)nc(N2CCCn3nc(C(=O)N4CCOCC4)cc3C2)n1. The zero-order chi connectivity index (χ0) is 19.5. The summed E-state index contributed by atoms with van der Waals surface area (Å²) in [5, 5.41) is 4.55. The van der Waals surface area contributed by atoms with E-state index in [1.807, 2.05) is 10.7 Å². The molecule has 2 aliphatic rings. The van der Waals surface area contributed by atoms with E-state index in [-0.39, 0.29) is 5.91 Å². The molecule has 2 aliphatic heterocycles. The lowest BCUT2D eigenvalue weighted by Gasteiger charge is -2.26. The van der Waals surface area contributed by atoms with Crippen molar-refractivity contribution in [3.05, 3.63) is 23.5 Å². The van der Waals surface area contributed by atoms with Crippen LogP contribution in [-0.2, 0) is 17.8 Å². The normalized spacial score (nSPS) is 17.1. The van der Waals surface area contributed by atoms with Gasteiger partial charge in [0.2, 0.25) is 17.7 Å². The summed E-state index contributed by atoms with van der Waals surface area (Å²) in [5.41, 5.74) is 1.43. The Balaban J connectivity index is 1.57. The lowest BCUT2D eigenvalue weighted by atomic mass is 10.3. The Morgan fingerprint density at radius 3 is 2.43 bits per heavy atom. The molecule has 1 amide bonds. The minimum Gasteiger partial charge on any atom is -0.481 e. The monoisotopic (exact) mass is 388 g/mol. The van der Waals surface area contributed by atoms with Crippen LogP contribution in [0.3, 0.4) is 0 Å². The maximum absolute atomic E-state index is 12.7. The molecule has 0 N–H and O–H groups in total. The predicted molar refractivity (Wildman–Crippen MR) is 99.8 cm³/mol. The van der Waals surface area contributed by atoms with Gasteiger partial charge in [0.05, 0.1) is 45.7 Å². The molecule has 0 spiro atoms. The fraction of sp³-hybridized carbons (Fsp3) is 0.556. The third-order valence-electron chi connectivity index (χ3n) is 4.90. The third-order valence-corrected chi connectivity index (χ3v) is 4.90. The smallest absolute Gasteiger partial charge is 0.274 e. The molecule has 4 rings (SSSR count). The van der Waals surface area contributed by atoms with Gasteiger partial charge in [0.25, 0.3) is 5.91 Å². The number of methoxy groups -OCH3 is 2. The number of hydrogen-bond acceptors (Lipinski definition) is 8. The number of hydrogen-bond donors (Lipinski definition) is 0. The Morgan fingerprint density at radius 1 is 1.04 bits per heavy atom. The molecule has 10 nitrogen and oxygen atoms in total. The molecule has 1 saturated heterocycles. The van der Waals surface area contributed by atoms with E-state index in [0.717, 1.165) is 25.2 Å². The standard InChI is InChI=1S/C18H24N6O4/c1-26-15-11-16(27-2)20-18(19-15)23-4-3-5-24-13(12-23)10-14(21-24)17(25)22-6-8-28-9-7-22/h10-11H,3-9,12H2,1-2H3. The summed E-state index contributed by atoms with van der Waals surface area (Å²) in [7, 11) is 3.12. The van der Waals surface area contributed by atoms with Crippen LogP contribution in [0, 0.1) is 0 Å². The van der Waals surface area contributed by atoms with Crippen LogP contribution in [0.5, 0.6) is 11.8 Å². The van der Waals surface area contributed by atoms with Crippen molar-refractivity contribution in [2.75, 3.05) is 52.0 Å². The molecule has 2 aromatic rings. The summed E-state index contributed by atoms with van der Waals surface area (Å²) in [5.74, 6) is 1.38. The fourth-order valence-electron chi connectivity index (χ4n) is 3.41. The zero-order valence-electron chi connectivity index (χ0n) is 16.1. The number of carbonyl (C=O) groups is 1. The lowest BCUT2D eigenvalue weighted by Crippen LogP contribution is -2.40. The van der Waals surface area contributed by atoms with Crippen LogP contribution >= 0.6 is 0 Å². The van der Waals surface area contributed by atoms with E-state index in [1.54, 1.807) is 25.2 Å². The van der Waals surface area contributed by atoms with Crippen molar-refractivity contribution in [2.24, 2.45) is 0 Å². The average molecular weight is 388 g/mol. The van der Waals surface area contributed by atoms with Gasteiger partial charge in [-0.05, 0) is 12.5 Å². The summed E-state index contributed by atoms with van der Waals surface area (Å²) in [6.07, 6.45) is 0.864. The largest absolute Gasteiger partial charge is 0.481 e. The summed E-state index contributed by atoms with van der Waals surface area (Å²) in [6, 6.07) is 3.51. The van der Waals surface area contributed by atoms with E-state index in [4.69, 9.17) is 14.2 Å². The Bertz CT molecular complexity index is 826. The Labute approximate surface area is 163 Å². The van der Waals surface area contributed by atoms with Crippen LogP contribution < -0.4 is 14.4 Å². The second kappa shape index (κ2) is 8.01. The topological polar surface area (TPSA) is 94.8 Å². The van der Waals surface area contributed by atoms with E-state index in [0.29, 0.717) is 56.3 Å². The van der Waals surface area contributed by atoms with E-state index in [9.17, 15) is 4.79 Å². The van der Waals surface area contributed by atoms with Crippen LogP contribution in [-0.4, -0.2) is 77.6 Å². The molecule has 0 aliphatic carbocycles. The molecule has 0 bridgehead atoms. The van der Waals surface area contributed by atoms with Gasteiger partial charge in [0, 0.05) is 26.2 Å². The number of nitrogens with zero attached hydrogens (tertiary/aromatic N) is 6. The second-order valence-electron chi connectivity index (χ2n) is 6.68. The van der Waals surface area contributed by atoms with Crippen LogP contribution in [0.2, 0.25) is 0 Å². The summed E-state index contributed by atoms with van der Waals surface area (Å²) < 4.78 is 17.7. The van der Waals surface area contributed by atoms with Gasteiger partial charge in [-0.1, -0.05) is 0 Å². The molecule has 150 valence electrons. The molecule has 0 unspecified atom stereocenters. The van der Waals surface area contributed by atoms with Crippen LogP contribution in [0.25, 0.3) is 0 Å². The Morgan fingerprint density at radius 2 is 1.75 bits per heavy atom. The average Bonchev–Trinajstić information content (AvgIpc) is 3.04. The molecule has 28 heavy (non-hydrogen) atoms. The highest BCUT2D eigenvalue weighted by Gasteiger charge is 2.25. The van der Waals surface area contributed by atoms with Crippen molar-refractivity contribution in [2.45, 2.75) is 19.5 Å². The fourth-order valence-corrected chi connectivity index (χ4v) is 3.41.